The molecule has 2 aliphatic carbocycles. The summed E-state index contributed by atoms with van der Waals surface area (Å²) in [5.74, 6) is -0.747. The second-order valence-corrected chi connectivity index (χ2v) is 13.4. The number of hydrogen-bond donors (Lipinski definition) is 3. The lowest BCUT2D eigenvalue weighted by Gasteiger charge is -2.37. The number of aliphatic carboxylic acids is 1. The van der Waals surface area contributed by atoms with Crippen LogP contribution in [0.25, 0.3) is 11.1 Å². The maximum atomic E-state index is 12.2. The molecule has 2 unspecified atom stereocenters. The molecular formula is C31H40N2O4S. The van der Waals surface area contributed by atoms with Crippen molar-refractivity contribution in [3.8, 4) is 0 Å². The molecule has 0 saturated heterocycles. The Kier molecular flexibility index (Phi) is 8.03. The van der Waals surface area contributed by atoms with Crippen LogP contribution in [0.3, 0.4) is 0 Å². The van der Waals surface area contributed by atoms with Gasteiger partial charge in [-0.1, -0.05) is 93.6 Å². The number of carboxylic acid groups (broad SMARTS) is 1. The molecule has 0 radical (unpaired) electrons. The zero-order chi connectivity index (χ0) is 27.7. The highest BCUT2D eigenvalue weighted by Gasteiger charge is 2.57. The van der Waals surface area contributed by atoms with Crippen LogP contribution in [0.15, 0.2) is 72.8 Å². The minimum Gasteiger partial charge on any atom is -0.481 e. The Bertz CT molecular complexity index is 1320. The van der Waals surface area contributed by atoms with E-state index in [9.17, 15) is 18.3 Å². The molecule has 0 spiro atoms. The van der Waals surface area contributed by atoms with Crippen LogP contribution in [0, 0.1) is 22.7 Å². The average molecular weight is 537 g/mol. The van der Waals surface area contributed by atoms with Gasteiger partial charge in [-0.15, -0.1) is 0 Å². The first kappa shape index (κ1) is 28.3. The van der Waals surface area contributed by atoms with Crippen molar-refractivity contribution in [1.82, 2.24) is 4.72 Å². The standard InChI is InChI=1S/C31H40N2O4S/c1-21(17-28(34)35)19-30(3,4)20-25-18-26-27(33-38(32,36)37)15-16-31(26,22(2)23-11-7-5-8-12-23)29(25)24-13-9-6-10-14-24/h5-14,21,26-27,33H,2,15-20H2,1,3-4H3,(H,34,35)(H2,32,36,37)/t21?,26?,27-,31-/m0/s1. The van der Waals surface area contributed by atoms with Gasteiger partial charge in [0.05, 0.1) is 0 Å². The van der Waals surface area contributed by atoms with E-state index in [1.807, 2.05) is 43.3 Å². The fraction of sp³-hybridized carbons (Fsp3) is 0.452. The van der Waals surface area contributed by atoms with E-state index in [4.69, 9.17) is 5.14 Å². The minimum absolute atomic E-state index is 0.0222. The second-order valence-electron chi connectivity index (χ2n) is 12.0. The third kappa shape index (κ3) is 5.95. The van der Waals surface area contributed by atoms with Crippen LogP contribution < -0.4 is 9.86 Å². The number of nitrogens with two attached hydrogens (primary N) is 1. The fourth-order valence-electron chi connectivity index (χ4n) is 7.39. The number of benzene rings is 2. The normalized spacial score (nSPS) is 24.3. The van der Waals surface area contributed by atoms with Gasteiger partial charge >= 0.3 is 5.97 Å². The van der Waals surface area contributed by atoms with Crippen LogP contribution >= 0.6 is 0 Å². The van der Waals surface area contributed by atoms with Crippen molar-refractivity contribution in [2.24, 2.45) is 27.8 Å². The van der Waals surface area contributed by atoms with Gasteiger partial charge in [0.15, 0.2) is 0 Å². The molecule has 4 N–H and O–H groups in total. The quantitative estimate of drug-likeness (QED) is 0.326. The summed E-state index contributed by atoms with van der Waals surface area (Å²) in [6.07, 6.45) is 3.90. The van der Waals surface area contributed by atoms with Crippen molar-refractivity contribution in [2.75, 3.05) is 0 Å². The Morgan fingerprint density at radius 3 is 2.34 bits per heavy atom. The molecule has 2 aromatic rings. The number of nitrogens with one attached hydrogen (secondary N) is 1. The summed E-state index contributed by atoms with van der Waals surface area (Å²) >= 11 is 0. The predicted octanol–water partition coefficient (Wildman–Crippen LogP) is 6.03. The Morgan fingerprint density at radius 2 is 1.76 bits per heavy atom. The molecule has 4 atom stereocenters. The van der Waals surface area contributed by atoms with Crippen LogP contribution in [0.1, 0.15) is 70.4 Å². The molecule has 0 bridgehead atoms. The molecular weight excluding hydrogens is 496 g/mol. The first-order valence-electron chi connectivity index (χ1n) is 13.4. The molecule has 0 amide bonds. The number of allylic oxidation sites excluding steroid dienone is 3. The summed E-state index contributed by atoms with van der Waals surface area (Å²) < 4.78 is 27.1. The highest BCUT2D eigenvalue weighted by Crippen LogP contribution is 2.66. The Labute approximate surface area is 227 Å². The largest absolute Gasteiger partial charge is 0.481 e. The Balaban J connectivity index is 1.84. The molecule has 0 aliphatic heterocycles. The monoisotopic (exact) mass is 536 g/mol. The summed E-state index contributed by atoms with van der Waals surface area (Å²) in [7, 11) is -3.88. The third-order valence-electron chi connectivity index (χ3n) is 8.39. The van der Waals surface area contributed by atoms with E-state index in [-0.39, 0.29) is 29.7 Å². The first-order valence-corrected chi connectivity index (χ1v) is 14.9. The van der Waals surface area contributed by atoms with Gasteiger partial charge in [-0.05, 0) is 71.6 Å². The van der Waals surface area contributed by atoms with Crippen molar-refractivity contribution < 1.29 is 18.3 Å². The van der Waals surface area contributed by atoms with Crippen molar-refractivity contribution in [3.05, 3.63) is 83.9 Å². The van der Waals surface area contributed by atoms with E-state index in [1.165, 1.54) is 11.1 Å². The molecule has 6 nitrogen and oxygen atoms in total. The summed E-state index contributed by atoms with van der Waals surface area (Å²) in [6, 6.07) is 20.2. The summed E-state index contributed by atoms with van der Waals surface area (Å²) in [5, 5.41) is 14.8. The van der Waals surface area contributed by atoms with Gasteiger partial charge in [-0.2, -0.15) is 13.1 Å². The molecule has 4 rings (SSSR count). The van der Waals surface area contributed by atoms with Gasteiger partial charge in [-0.25, -0.2) is 5.14 Å². The van der Waals surface area contributed by atoms with Gasteiger partial charge in [-0.3, -0.25) is 4.79 Å². The van der Waals surface area contributed by atoms with Gasteiger partial charge in [0, 0.05) is 17.9 Å². The summed E-state index contributed by atoms with van der Waals surface area (Å²) in [6.45, 7) is 11.1. The number of hydrogen-bond acceptors (Lipinski definition) is 3. The average Bonchev–Trinajstić information content (AvgIpc) is 3.32. The van der Waals surface area contributed by atoms with Gasteiger partial charge in [0.25, 0.3) is 10.2 Å². The van der Waals surface area contributed by atoms with Crippen LogP contribution in [0.5, 0.6) is 0 Å². The fourth-order valence-corrected chi connectivity index (χ4v) is 8.09. The maximum Gasteiger partial charge on any atom is 0.303 e. The topological polar surface area (TPSA) is 109 Å². The summed E-state index contributed by atoms with van der Waals surface area (Å²) in [4.78, 5) is 11.3. The minimum atomic E-state index is -3.88. The van der Waals surface area contributed by atoms with Gasteiger partial charge < -0.3 is 5.11 Å². The lowest BCUT2D eigenvalue weighted by Crippen LogP contribution is -2.43. The van der Waals surface area contributed by atoms with Crippen LogP contribution in [-0.4, -0.2) is 25.5 Å². The molecule has 0 aromatic heterocycles. The molecule has 0 heterocycles. The molecule has 38 heavy (non-hydrogen) atoms. The van der Waals surface area contributed by atoms with E-state index < -0.39 is 21.6 Å². The van der Waals surface area contributed by atoms with E-state index in [0.29, 0.717) is 6.42 Å². The van der Waals surface area contributed by atoms with Crippen LogP contribution in [0.4, 0.5) is 0 Å². The van der Waals surface area contributed by atoms with Crippen LogP contribution in [-0.2, 0) is 15.0 Å². The highest BCUT2D eigenvalue weighted by molar-refractivity contribution is 7.87. The number of carboxylic acids is 1. The predicted molar refractivity (Wildman–Crippen MR) is 153 cm³/mol. The molecule has 1 fully saturated rings. The number of fused-ring (bicyclic) bond motifs is 1. The van der Waals surface area contributed by atoms with E-state index >= 15 is 0 Å². The lowest BCUT2D eigenvalue weighted by molar-refractivity contribution is -0.138. The smallest absolute Gasteiger partial charge is 0.303 e. The lowest BCUT2D eigenvalue weighted by atomic mass is 9.66. The zero-order valence-electron chi connectivity index (χ0n) is 22.6. The molecule has 2 aliphatic rings. The molecule has 2 aromatic carbocycles. The van der Waals surface area contributed by atoms with Crippen molar-refractivity contribution in [2.45, 2.75) is 65.3 Å². The van der Waals surface area contributed by atoms with E-state index in [0.717, 1.165) is 42.4 Å². The second kappa shape index (κ2) is 10.8. The third-order valence-corrected chi connectivity index (χ3v) is 9.02. The zero-order valence-corrected chi connectivity index (χ0v) is 23.4. The van der Waals surface area contributed by atoms with E-state index in [2.05, 4.69) is 49.4 Å². The Morgan fingerprint density at radius 1 is 1.16 bits per heavy atom. The first-order chi connectivity index (χ1) is 17.8. The van der Waals surface area contributed by atoms with Crippen molar-refractivity contribution >= 4 is 27.3 Å². The summed E-state index contributed by atoms with van der Waals surface area (Å²) in [5.41, 5.74) is 5.16. The van der Waals surface area contributed by atoms with Crippen LogP contribution in [0.2, 0.25) is 0 Å². The number of carbonyl (C=O) groups is 1. The van der Waals surface area contributed by atoms with Crippen molar-refractivity contribution in [3.63, 3.8) is 0 Å². The Hall–Kier alpha value is -2.74. The van der Waals surface area contributed by atoms with Gasteiger partial charge in [0.2, 0.25) is 0 Å². The van der Waals surface area contributed by atoms with Crippen molar-refractivity contribution in [1.29, 1.82) is 0 Å². The molecule has 204 valence electrons. The highest BCUT2D eigenvalue weighted by atomic mass is 32.2. The van der Waals surface area contributed by atoms with Gasteiger partial charge in [0.1, 0.15) is 0 Å². The number of rotatable bonds is 11. The SMILES string of the molecule is C=C(c1ccccc1)[C@@]12CC[C@H](NS(N)(=O)=O)C1CC(CC(C)(C)CC(C)CC(=O)O)=C2c1ccccc1. The maximum absolute atomic E-state index is 12.2. The molecule has 1 saturated carbocycles. The molecule has 7 heteroatoms. The van der Waals surface area contributed by atoms with E-state index in [1.54, 1.807) is 0 Å².